The van der Waals surface area contributed by atoms with E-state index in [0.717, 1.165) is 10.5 Å². The Balaban J connectivity index is 2.45. The normalized spacial score (nSPS) is 11.4. The number of primary amides is 1. The number of rotatable bonds is 4. The highest BCUT2D eigenvalue weighted by molar-refractivity contribution is 7.98. The Bertz CT molecular complexity index is 650. The summed E-state index contributed by atoms with van der Waals surface area (Å²) in [6.07, 6.45) is 3.59. The summed E-state index contributed by atoms with van der Waals surface area (Å²) >= 11 is 1.63. The van der Waals surface area contributed by atoms with Gasteiger partial charge in [0.15, 0.2) is 0 Å². The second-order valence-electron chi connectivity index (χ2n) is 4.18. The molecule has 0 radical (unpaired) electrons. The Hall–Kier alpha value is -2.07. The molecule has 0 aromatic heterocycles. The van der Waals surface area contributed by atoms with Gasteiger partial charge in [-0.1, -0.05) is 30.3 Å². The fourth-order valence-corrected chi connectivity index (χ4v) is 2.24. The Labute approximate surface area is 121 Å². The van der Waals surface area contributed by atoms with Crippen LogP contribution in [0.2, 0.25) is 0 Å². The van der Waals surface area contributed by atoms with Crippen molar-refractivity contribution in [2.45, 2.75) is 4.90 Å². The van der Waals surface area contributed by atoms with Crippen molar-refractivity contribution in [1.82, 2.24) is 0 Å². The highest BCUT2D eigenvalue weighted by Gasteiger charge is 2.12. The first-order chi connectivity index (χ1) is 9.61. The van der Waals surface area contributed by atoms with Crippen LogP contribution in [-0.2, 0) is 4.79 Å². The molecule has 2 N–H and O–H groups in total. The number of nitrogens with two attached hydrogens (primary N) is 1. The molecular formula is C16H14FNOS. The third-order valence-corrected chi connectivity index (χ3v) is 3.60. The molecule has 2 aromatic rings. The molecule has 0 aliphatic heterocycles. The zero-order valence-corrected chi connectivity index (χ0v) is 11.8. The van der Waals surface area contributed by atoms with Crippen molar-refractivity contribution < 1.29 is 9.18 Å². The molecule has 20 heavy (non-hydrogen) atoms. The molecule has 0 unspecified atom stereocenters. The molecule has 0 spiro atoms. The molecule has 4 heteroatoms. The van der Waals surface area contributed by atoms with E-state index in [1.54, 1.807) is 36.0 Å². The molecule has 1 amide bonds. The van der Waals surface area contributed by atoms with Crippen molar-refractivity contribution in [3.63, 3.8) is 0 Å². The van der Waals surface area contributed by atoms with Gasteiger partial charge < -0.3 is 5.73 Å². The van der Waals surface area contributed by atoms with Crippen LogP contribution >= 0.6 is 11.8 Å². The minimum Gasteiger partial charge on any atom is -0.366 e. The lowest BCUT2D eigenvalue weighted by molar-refractivity contribution is -0.112. The topological polar surface area (TPSA) is 43.1 Å². The van der Waals surface area contributed by atoms with Crippen molar-refractivity contribution >= 4 is 29.3 Å². The molecule has 0 atom stereocenters. The summed E-state index contributed by atoms with van der Waals surface area (Å²) in [6, 6.07) is 13.7. The first kappa shape index (κ1) is 14.3. The molecule has 0 heterocycles. The molecule has 0 saturated carbocycles. The summed E-state index contributed by atoms with van der Waals surface area (Å²) in [4.78, 5) is 12.7. The van der Waals surface area contributed by atoms with Crippen LogP contribution in [-0.4, -0.2) is 12.2 Å². The van der Waals surface area contributed by atoms with Crippen LogP contribution in [0.4, 0.5) is 4.39 Å². The summed E-state index contributed by atoms with van der Waals surface area (Å²) in [7, 11) is 0. The van der Waals surface area contributed by atoms with Crippen LogP contribution in [0.15, 0.2) is 53.4 Å². The largest absolute Gasteiger partial charge is 0.366 e. The highest BCUT2D eigenvalue weighted by Crippen LogP contribution is 2.22. The van der Waals surface area contributed by atoms with E-state index >= 15 is 0 Å². The van der Waals surface area contributed by atoms with Crippen molar-refractivity contribution in [3.05, 3.63) is 65.5 Å². The van der Waals surface area contributed by atoms with Gasteiger partial charge in [-0.05, 0) is 36.1 Å². The lowest BCUT2D eigenvalue weighted by Gasteiger charge is -2.06. The number of benzene rings is 2. The van der Waals surface area contributed by atoms with E-state index in [1.807, 2.05) is 30.5 Å². The fraction of sp³-hybridized carbons (Fsp3) is 0.0625. The molecule has 0 saturated heterocycles. The van der Waals surface area contributed by atoms with Gasteiger partial charge in [0.1, 0.15) is 5.82 Å². The van der Waals surface area contributed by atoms with Gasteiger partial charge >= 0.3 is 0 Å². The maximum Gasteiger partial charge on any atom is 0.249 e. The molecule has 2 nitrogen and oxygen atoms in total. The second kappa shape index (κ2) is 6.39. The van der Waals surface area contributed by atoms with Crippen LogP contribution in [0.1, 0.15) is 11.1 Å². The quantitative estimate of drug-likeness (QED) is 0.530. The van der Waals surface area contributed by atoms with Gasteiger partial charge in [-0.3, -0.25) is 4.79 Å². The molecule has 0 aliphatic carbocycles. The lowest BCUT2D eigenvalue weighted by Crippen LogP contribution is -2.13. The van der Waals surface area contributed by atoms with E-state index < -0.39 is 11.7 Å². The van der Waals surface area contributed by atoms with Crippen molar-refractivity contribution in [2.24, 2.45) is 5.73 Å². The molecule has 102 valence electrons. The smallest absolute Gasteiger partial charge is 0.249 e. The van der Waals surface area contributed by atoms with Crippen LogP contribution in [0, 0.1) is 5.82 Å². The monoisotopic (exact) mass is 287 g/mol. The molecule has 2 aromatic carbocycles. The van der Waals surface area contributed by atoms with Crippen molar-refractivity contribution in [3.8, 4) is 0 Å². The van der Waals surface area contributed by atoms with Crippen LogP contribution in [0.5, 0.6) is 0 Å². The SMILES string of the molecule is CSc1ccc(/C=C(/C(N)=O)c2ccccc2F)cc1. The molecule has 0 aliphatic rings. The average molecular weight is 287 g/mol. The predicted octanol–water partition coefficient (Wildman–Crippen LogP) is 3.57. The summed E-state index contributed by atoms with van der Waals surface area (Å²) in [6.45, 7) is 0. The third kappa shape index (κ3) is 3.27. The van der Waals surface area contributed by atoms with E-state index in [2.05, 4.69) is 0 Å². The predicted molar refractivity (Wildman–Crippen MR) is 81.7 cm³/mol. The molecule has 0 fully saturated rings. The van der Waals surface area contributed by atoms with E-state index in [0.29, 0.717) is 0 Å². The van der Waals surface area contributed by atoms with Gasteiger partial charge in [0, 0.05) is 16.0 Å². The minimum absolute atomic E-state index is 0.167. The summed E-state index contributed by atoms with van der Waals surface area (Å²) < 4.78 is 13.8. The summed E-state index contributed by atoms with van der Waals surface area (Å²) in [5, 5.41) is 0. The second-order valence-corrected chi connectivity index (χ2v) is 5.05. The zero-order valence-electron chi connectivity index (χ0n) is 11.0. The van der Waals surface area contributed by atoms with E-state index in [4.69, 9.17) is 5.73 Å². The maximum absolute atomic E-state index is 13.8. The average Bonchev–Trinajstić information content (AvgIpc) is 2.46. The first-order valence-corrected chi connectivity index (χ1v) is 7.24. The highest BCUT2D eigenvalue weighted by atomic mass is 32.2. The van der Waals surface area contributed by atoms with Crippen LogP contribution in [0.3, 0.4) is 0 Å². The van der Waals surface area contributed by atoms with Gasteiger partial charge in [-0.25, -0.2) is 4.39 Å². The van der Waals surface area contributed by atoms with E-state index in [-0.39, 0.29) is 11.1 Å². The number of amides is 1. The van der Waals surface area contributed by atoms with E-state index in [9.17, 15) is 9.18 Å². The Morgan fingerprint density at radius 3 is 2.35 bits per heavy atom. The number of halogens is 1. The van der Waals surface area contributed by atoms with Crippen LogP contribution < -0.4 is 5.73 Å². The number of carbonyl (C=O) groups excluding carboxylic acids is 1. The summed E-state index contributed by atoms with van der Waals surface area (Å²) in [5.74, 6) is -1.11. The number of thioether (sulfide) groups is 1. The van der Waals surface area contributed by atoms with Crippen LogP contribution in [0.25, 0.3) is 11.6 Å². The Kier molecular flexibility index (Phi) is 4.58. The number of hydrogen-bond donors (Lipinski definition) is 1. The standard InChI is InChI=1S/C16H14FNOS/c1-20-12-8-6-11(7-9-12)10-14(16(18)19)13-4-2-3-5-15(13)17/h2-10H,1H3,(H2,18,19)/b14-10+. The minimum atomic E-state index is -0.649. The van der Waals surface area contributed by atoms with Gasteiger partial charge in [0.2, 0.25) is 5.91 Å². The Morgan fingerprint density at radius 2 is 1.80 bits per heavy atom. The number of carbonyl (C=O) groups is 1. The zero-order chi connectivity index (χ0) is 14.5. The molecule has 0 bridgehead atoms. The first-order valence-electron chi connectivity index (χ1n) is 6.02. The van der Waals surface area contributed by atoms with Gasteiger partial charge in [-0.2, -0.15) is 0 Å². The molecular weight excluding hydrogens is 273 g/mol. The Morgan fingerprint density at radius 1 is 1.15 bits per heavy atom. The molecule has 2 rings (SSSR count). The fourth-order valence-electron chi connectivity index (χ4n) is 1.83. The number of hydrogen-bond acceptors (Lipinski definition) is 2. The maximum atomic E-state index is 13.8. The van der Waals surface area contributed by atoms with Crippen molar-refractivity contribution in [2.75, 3.05) is 6.26 Å². The summed E-state index contributed by atoms with van der Waals surface area (Å²) in [5.41, 5.74) is 6.55. The van der Waals surface area contributed by atoms with Gasteiger partial charge in [0.25, 0.3) is 0 Å². The lowest BCUT2D eigenvalue weighted by atomic mass is 10.0. The van der Waals surface area contributed by atoms with Crippen molar-refractivity contribution in [1.29, 1.82) is 0 Å². The van der Waals surface area contributed by atoms with E-state index in [1.165, 1.54) is 6.07 Å². The van der Waals surface area contributed by atoms with Gasteiger partial charge in [0.05, 0.1) is 0 Å². The van der Waals surface area contributed by atoms with Gasteiger partial charge in [-0.15, -0.1) is 11.8 Å². The third-order valence-electron chi connectivity index (χ3n) is 2.86.